The van der Waals surface area contributed by atoms with Gasteiger partial charge < -0.3 is 5.73 Å². The molecule has 13 heavy (non-hydrogen) atoms. The fourth-order valence-corrected chi connectivity index (χ4v) is 1.49. The Hall–Kier alpha value is -1.49. The standard InChI is InChI=1S/C8H8N4S/c9-8-6(2-1-3-10-8)4-7-5-11-13-12-7/h1-3,5H,4H2,(H2,9,10). The SMILES string of the molecule is Nc1ncccc1Cc1cnsn1. The van der Waals surface area contributed by atoms with E-state index >= 15 is 0 Å². The van der Waals surface area contributed by atoms with E-state index in [4.69, 9.17) is 5.73 Å². The molecule has 2 aromatic rings. The molecule has 2 heterocycles. The summed E-state index contributed by atoms with van der Waals surface area (Å²) >= 11 is 1.20. The molecule has 0 aliphatic heterocycles. The van der Waals surface area contributed by atoms with Gasteiger partial charge in [-0.05, 0) is 6.07 Å². The number of nitrogens with zero attached hydrogens (tertiary/aromatic N) is 3. The Morgan fingerprint density at radius 2 is 2.38 bits per heavy atom. The van der Waals surface area contributed by atoms with Crippen molar-refractivity contribution in [2.45, 2.75) is 6.42 Å². The van der Waals surface area contributed by atoms with Crippen molar-refractivity contribution in [3.63, 3.8) is 0 Å². The van der Waals surface area contributed by atoms with E-state index in [9.17, 15) is 0 Å². The summed E-state index contributed by atoms with van der Waals surface area (Å²) in [7, 11) is 0. The number of hydrogen-bond donors (Lipinski definition) is 1. The van der Waals surface area contributed by atoms with Crippen molar-refractivity contribution in [3.8, 4) is 0 Å². The average Bonchev–Trinajstić information content (AvgIpc) is 2.61. The highest BCUT2D eigenvalue weighted by Crippen LogP contribution is 2.11. The van der Waals surface area contributed by atoms with E-state index < -0.39 is 0 Å². The second-order valence-electron chi connectivity index (χ2n) is 2.62. The summed E-state index contributed by atoms with van der Waals surface area (Å²) in [5.74, 6) is 0.565. The number of rotatable bonds is 2. The van der Waals surface area contributed by atoms with Crippen molar-refractivity contribution in [1.82, 2.24) is 13.7 Å². The van der Waals surface area contributed by atoms with Crippen molar-refractivity contribution in [2.75, 3.05) is 5.73 Å². The summed E-state index contributed by atoms with van der Waals surface area (Å²) in [6, 6.07) is 3.81. The van der Waals surface area contributed by atoms with Gasteiger partial charge in [0.15, 0.2) is 0 Å². The molecule has 0 fully saturated rings. The maximum atomic E-state index is 5.68. The Bertz CT molecular complexity index is 385. The van der Waals surface area contributed by atoms with Crippen molar-refractivity contribution < 1.29 is 0 Å². The third-order valence-electron chi connectivity index (χ3n) is 1.70. The fraction of sp³-hybridized carbons (Fsp3) is 0.125. The fourth-order valence-electron chi connectivity index (χ4n) is 1.06. The first-order valence-corrected chi connectivity index (χ1v) is 4.55. The Morgan fingerprint density at radius 1 is 1.46 bits per heavy atom. The van der Waals surface area contributed by atoms with Crippen LogP contribution in [0.25, 0.3) is 0 Å². The maximum Gasteiger partial charge on any atom is 0.126 e. The number of anilines is 1. The monoisotopic (exact) mass is 192 g/mol. The van der Waals surface area contributed by atoms with Gasteiger partial charge in [-0.15, -0.1) is 0 Å². The molecule has 0 aliphatic rings. The van der Waals surface area contributed by atoms with Crippen LogP contribution in [0.2, 0.25) is 0 Å². The van der Waals surface area contributed by atoms with Gasteiger partial charge in [-0.1, -0.05) is 6.07 Å². The van der Waals surface area contributed by atoms with Gasteiger partial charge in [0.05, 0.1) is 23.6 Å². The zero-order chi connectivity index (χ0) is 9.10. The molecule has 0 unspecified atom stereocenters. The number of hydrogen-bond acceptors (Lipinski definition) is 5. The minimum absolute atomic E-state index is 0.565. The van der Waals surface area contributed by atoms with Gasteiger partial charge in [0.1, 0.15) is 5.82 Å². The predicted molar refractivity (Wildman–Crippen MR) is 51.4 cm³/mol. The normalized spacial score (nSPS) is 10.2. The molecule has 0 saturated carbocycles. The lowest BCUT2D eigenvalue weighted by Crippen LogP contribution is -1.97. The molecule has 0 bridgehead atoms. The van der Waals surface area contributed by atoms with E-state index in [-0.39, 0.29) is 0 Å². The summed E-state index contributed by atoms with van der Waals surface area (Å²) in [5.41, 5.74) is 7.61. The van der Waals surface area contributed by atoms with Gasteiger partial charge in [0, 0.05) is 18.2 Å². The van der Waals surface area contributed by atoms with Crippen LogP contribution in [-0.4, -0.2) is 13.7 Å². The van der Waals surface area contributed by atoms with Gasteiger partial charge >= 0.3 is 0 Å². The molecule has 0 aromatic carbocycles. The number of nitrogen functional groups attached to an aromatic ring is 1. The highest BCUT2D eigenvalue weighted by atomic mass is 32.1. The first-order chi connectivity index (χ1) is 6.36. The highest BCUT2D eigenvalue weighted by Gasteiger charge is 2.02. The second-order valence-corrected chi connectivity index (χ2v) is 3.18. The molecule has 0 amide bonds. The Morgan fingerprint density at radius 3 is 3.08 bits per heavy atom. The number of pyridine rings is 1. The zero-order valence-corrected chi connectivity index (χ0v) is 7.66. The largest absolute Gasteiger partial charge is 0.383 e. The van der Waals surface area contributed by atoms with Crippen molar-refractivity contribution in [1.29, 1.82) is 0 Å². The summed E-state index contributed by atoms with van der Waals surface area (Å²) in [6.07, 6.45) is 4.13. The highest BCUT2D eigenvalue weighted by molar-refractivity contribution is 6.99. The first kappa shape index (κ1) is 8.12. The van der Waals surface area contributed by atoms with Gasteiger partial charge in [0.2, 0.25) is 0 Å². The van der Waals surface area contributed by atoms with Crippen LogP contribution in [-0.2, 0) is 6.42 Å². The summed E-state index contributed by atoms with van der Waals surface area (Å²) in [6.45, 7) is 0. The van der Waals surface area contributed by atoms with Crippen LogP contribution in [0.4, 0.5) is 5.82 Å². The quantitative estimate of drug-likeness (QED) is 0.774. The molecule has 2 aromatic heterocycles. The number of aromatic nitrogens is 3. The van der Waals surface area contributed by atoms with Gasteiger partial charge in [-0.25, -0.2) is 4.98 Å². The minimum Gasteiger partial charge on any atom is -0.383 e. The third kappa shape index (κ3) is 1.81. The van der Waals surface area contributed by atoms with Crippen LogP contribution in [0.5, 0.6) is 0 Å². The molecule has 0 atom stereocenters. The molecule has 5 heteroatoms. The van der Waals surface area contributed by atoms with Crippen LogP contribution in [0.1, 0.15) is 11.3 Å². The topological polar surface area (TPSA) is 64.7 Å². The second kappa shape index (κ2) is 3.49. The molecule has 0 saturated heterocycles. The average molecular weight is 192 g/mol. The molecule has 2 N–H and O–H groups in total. The first-order valence-electron chi connectivity index (χ1n) is 3.82. The van der Waals surface area contributed by atoms with E-state index in [2.05, 4.69) is 13.7 Å². The Labute approximate surface area is 79.8 Å². The molecule has 66 valence electrons. The Balaban J connectivity index is 2.24. The minimum atomic E-state index is 0.565. The maximum absolute atomic E-state index is 5.68. The molecule has 0 aliphatic carbocycles. The summed E-state index contributed by atoms with van der Waals surface area (Å²) < 4.78 is 8.02. The zero-order valence-electron chi connectivity index (χ0n) is 6.84. The molecule has 4 nitrogen and oxygen atoms in total. The van der Waals surface area contributed by atoms with Crippen molar-refractivity contribution >= 4 is 17.5 Å². The van der Waals surface area contributed by atoms with E-state index in [1.54, 1.807) is 12.4 Å². The number of nitrogens with two attached hydrogens (primary N) is 1. The van der Waals surface area contributed by atoms with Crippen LogP contribution >= 0.6 is 11.7 Å². The van der Waals surface area contributed by atoms with Gasteiger partial charge in [-0.3, -0.25) is 0 Å². The van der Waals surface area contributed by atoms with Crippen LogP contribution in [0, 0.1) is 0 Å². The molecular formula is C8H8N4S. The summed E-state index contributed by atoms with van der Waals surface area (Å²) in [4.78, 5) is 3.99. The van der Waals surface area contributed by atoms with Gasteiger partial charge in [-0.2, -0.15) is 8.75 Å². The lowest BCUT2D eigenvalue weighted by atomic mass is 10.1. The molecular weight excluding hydrogens is 184 g/mol. The van der Waals surface area contributed by atoms with E-state index in [1.807, 2.05) is 12.1 Å². The van der Waals surface area contributed by atoms with Crippen LogP contribution < -0.4 is 5.73 Å². The van der Waals surface area contributed by atoms with Gasteiger partial charge in [0.25, 0.3) is 0 Å². The molecule has 2 rings (SSSR count). The molecule has 0 spiro atoms. The third-order valence-corrected chi connectivity index (χ3v) is 2.22. The van der Waals surface area contributed by atoms with Crippen molar-refractivity contribution in [2.24, 2.45) is 0 Å². The van der Waals surface area contributed by atoms with Crippen LogP contribution in [0.3, 0.4) is 0 Å². The van der Waals surface area contributed by atoms with Crippen molar-refractivity contribution in [3.05, 3.63) is 35.8 Å². The van der Waals surface area contributed by atoms with E-state index in [1.165, 1.54) is 11.7 Å². The molecule has 0 radical (unpaired) electrons. The smallest absolute Gasteiger partial charge is 0.126 e. The van der Waals surface area contributed by atoms with E-state index in [0.717, 1.165) is 11.3 Å². The van der Waals surface area contributed by atoms with Crippen LogP contribution in [0.15, 0.2) is 24.5 Å². The predicted octanol–water partition coefficient (Wildman–Crippen LogP) is 1.11. The Kier molecular flexibility index (Phi) is 2.18. The lowest BCUT2D eigenvalue weighted by Gasteiger charge is -2.00. The van der Waals surface area contributed by atoms with E-state index in [0.29, 0.717) is 12.2 Å². The lowest BCUT2D eigenvalue weighted by molar-refractivity contribution is 1.11. The summed E-state index contributed by atoms with van der Waals surface area (Å²) in [5, 5.41) is 0.